The zero-order chi connectivity index (χ0) is 12.0. The maximum absolute atomic E-state index is 11.7. The van der Waals surface area contributed by atoms with Gasteiger partial charge in [-0.2, -0.15) is 0 Å². The summed E-state index contributed by atoms with van der Waals surface area (Å²) in [6.45, 7) is 1.69. The van der Waals surface area contributed by atoms with Crippen molar-refractivity contribution < 1.29 is 13.7 Å². The molecule has 0 N–H and O–H groups in total. The molecule has 0 aromatic carbocycles. The summed E-state index contributed by atoms with van der Waals surface area (Å²) in [5, 5.41) is 0. The fraction of sp³-hybridized carbons (Fsp3) is 0.500. The van der Waals surface area contributed by atoms with E-state index in [2.05, 4.69) is 14.7 Å². The van der Waals surface area contributed by atoms with Crippen LogP contribution < -0.4 is 0 Å². The number of carbonyl (C=O) groups is 1. The average Bonchev–Trinajstić information content (AvgIpc) is 2.29. The lowest BCUT2D eigenvalue weighted by molar-refractivity contribution is -0.144. The predicted octanol–water partition coefficient (Wildman–Crippen LogP) is 0.534. The maximum Gasteiger partial charge on any atom is 0.309 e. The Morgan fingerprint density at radius 3 is 2.69 bits per heavy atom. The quantitative estimate of drug-likeness (QED) is 0.705. The minimum atomic E-state index is -1.15. The van der Waals surface area contributed by atoms with Crippen LogP contribution in [0.5, 0.6) is 0 Å². The first-order valence-electron chi connectivity index (χ1n) is 4.82. The molecule has 16 heavy (non-hydrogen) atoms. The highest BCUT2D eigenvalue weighted by molar-refractivity contribution is 7.84. The molecule has 1 heterocycles. The molecule has 0 saturated heterocycles. The van der Waals surface area contributed by atoms with E-state index in [9.17, 15) is 9.00 Å². The highest BCUT2D eigenvalue weighted by Crippen LogP contribution is 2.04. The van der Waals surface area contributed by atoms with Crippen LogP contribution in [-0.2, 0) is 26.1 Å². The third-order valence-corrected chi connectivity index (χ3v) is 3.40. The minimum Gasteiger partial charge on any atom is -0.469 e. The first-order valence-corrected chi connectivity index (χ1v) is 6.31. The maximum atomic E-state index is 11.7. The van der Waals surface area contributed by atoms with Crippen molar-refractivity contribution in [2.45, 2.75) is 12.7 Å². The van der Waals surface area contributed by atoms with Crippen LogP contribution in [0.3, 0.4) is 0 Å². The van der Waals surface area contributed by atoms with Gasteiger partial charge in [0.05, 0.1) is 18.8 Å². The highest BCUT2D eigenvalue weighted by atomic mass is 32.2. The lowest BCUT2D eigenvalue weighted by atomic mass is 10.2. The lowest BCUT2D eigenvalue weighted by Crippen LogP contribution is -2.20. The summed E-state index contributed by atoms with van der Waals surface area (Å²) in [5.74, 6) is 0.349. The Balaban J connectivity index is 2.45. The Morgan fingerprint density at radius 1 is 1.50 bits per heavy atom. The van der Waals surface area contributed by atoms with Gasteiger partial charge in [0.25, 0.3) is 0 Å². The molecular formula is C10H14N2O3S. The van der Waals surface area contributed by atoms with Gasteiger partial charge in [-0.05, 0) is 6.07 Å². The summed E-state index contributed by atoms with van der Waals surface area (Å²) in [6, 6.07) is 1.70. The summed E-state index contributed by atoms with van der Waals surface area (Å²) < 4.78 is 16.2. The molecule has 0 bridgehead atoms. The van der Waals surface area contributed by atoms with Crippen LogP contribution in [0.25, 0.3) is 0 Å². The van der Waals surface area contributed by atoms with Crippen molar-refractivity contribution in [3.8, 4) is 0 Å². The zero-order valence-electron chi connectivity index (χ0n) is 9.25. The number of methoxy groups -OCH3 is 1. The van der Waals surface area contributed by atoms with Crippen molar-refractivity contribution in [2.24, 2.45) is 5.92 Å². The van der Waals surface area contributed by atoms with Crippen molar-refractivity contribution in [1.29, 1.82) is 0 Å². The first kappa shape index (κ1) is 12.8. The Labute approximate surface area is 96.7 Å². The molecule has 2 atom stereocenters. The Bertz CT molecular complexity index is 370. The topological polar surface area (TPSA) is 69.2 Å². The van der Waals surface area contributed by atoms with Gasteiger partial charge in [0.1, 0.15) is 5.82 Å². The van der Waals surface area contributed by atoms with E-state index in [4.69, 9.17) is 0 Å². The number of hydrogen-bond donors (Lipinski definition) is 0. The van der Waals surface area contributed by atoms with E-state index in [1.54, 1.807) is 25.4 Å². The van der Waals surface area contributed by atoms with Gasteiger partial charge in [-0.15, -0.1) is 0 Å². The predicted molar refractivity (Wildman–Crippen MR) is 59.9 cm³/mol. The third kappa shape index (κ3) is 4.06. The van der Waals surface area contributed by atoms with Crippen molar-refractivity contribution >= 4 is 16.8 Å². The second-order valence-corrected chi connectivity index (χ2v) is 4.84. The van der Waals surface area contributed by atoms with E-state index in [1.165, 1.54) is 7.11 Å². The number of hydrogen-bond acceptors (Lipinski definition) is 5. The van der Waals surface area contributed by atoms with Gasteiger partial charge in [-0.25, -0.2) is 9.97 Å². The van der Waals surface area contributed by atoms with Gasteiger partial charge in [-0.3, -0.25) is 9.00 Å². The molecule has 0 spiro atoms. The molecule has 2 unspecified atom stereocenters. The van der Waals surface area contributed by atoms with Crippen molar-refractivity contribution in [3.63, 3.8) is 0 Å². The highest BCUT2D eigenvalue weighted by Gasteiger charge is 2.17. The van der Waals surface area contributed by atoms with Gasteiger partial charge < -0.3 is 4.74 Å². The molecule has 0 fully saturated rings. The molecule has 88 valence electrons. The summed E-state index contributed by atoms with van der Waals surface area (Å²) in [4.78, 5) is 19.1. The number of esters is 1. The molecule has 6 heteroatoms. The summed E-state index contributed by atoms with van der Waals surface area (Å²) >= 11 is 0. The average molecular weight is 242 g/mol. The lowest BCUT2D eigenvalue weighted by Gasteiger charge is -2.07. The van der Waals surface area contributed by atoms with Gasteiger partial charge in [0, 0.05) is 28.9 Å². The van der Waals surface area contributed by atoms with Crippen LogP contribution in [0.15, 0.2) is 18.5 Å². The Morgan fingerprint density at radius 2 is 2.12 bits per heavy atom. The van der Waals surface area contributed by atoms with Crippen LogP contribution >= 0.6 is 0 Å². The minimum absolute atomic E-state index is 0.266. The van der Waals surface area contributed by atoms with Crippen LogP contribution in [0.2, 0.25) is 0 Å². The fourth-order valence-electron chi connectivity index (χ4n) is 1.16. The molecule has 0 aliphatic carbocycles. The first-order chi connectivity index (χ1) is 7.63. The molecule has 0 saturated carbocycles. The van der Waals surface area contributed by atoms with Crippen LogP contribution in [0, 0.1) is 5.92 Å². The zero-order valence-corrected chi connectivity index (χ0v) is 10.1. The number of carbonyl (C=O) groups excluding carboxylic acids is 1. The Kier molecular flexibility index (Phi) is 5.04. The number of rotatable bonds is 5. The molecule has 0 radical (unpaired) electrons. The molecular weight excluding hydrogens is 228 g/mol. The van der Waals surface area contributed by atoms with Gasteiger partial charge >= 0.3 is 5.97 Å². The van der Waals surface area contributed by atoms with E-state index in [0.717, 1.165) is 0 Å². The van der Waals surface area contributed by atoms with Crippen molar-refractivity contribution in [3.05, 3.63) is 24.3 Å². The Hall–Kier alpha value is -1.30. The van der Waals surface area contributed by atoms with Gasteiger partial charge in [0.2, 0.25) is 0 Å². The van der Waals surface area contributed by atoms with E-state index in [-0.39, 0.29) is 23.4 Å². The van der Waals surface area contributed by atoms with E-state index in [0.29, 0.717) is 5.82 Å². The number of nitrogens with zero attached hydrogens (tertiary/aromatic N) is 2. The molecule has 1 aromatic rings. The largest absolute Gasteiger partial charge is 0.469 e. The second-order valence-electron chi connectivity index (χ2n) is 3.34. The summed E-state index contributed by atoms with van der Waals surface area (Å²) in [5.41, 5.74) is 0. The monoisotopic (exact) mass is 242 g/mol. The standard InChI is InChI=1S/C10H14N2O3S/c1-8(10(13)15-2)6-16(14)7-9-11-4-3-5-12-9/h3-5,8H,6-7H2,1-2H3. The number of ether oxygens (including phenoxy) is 1. The normalized spacial score (nSPS) is 14.1. The van der Waals surface area contributed by atoms with Crippen molar-refractivity contribution in [1.82, 2.24) is 9.97 Å². The third-order valence-electron chi connectivity index (χ3n) is 1.95. The van der Waals surface area contributed by atoms with E-state index >= 15 is 0 Å². The summed E-state index contributed by atoms with van der Waals surface area (Å²) in [7, 11) is 0.172. The van der Waals surface area contributed by atoms with Crippen LogP contribution in [-0.4, -0.2) is 33.0 Å². The van der Waals surface area contributed by atoms with Crippen LogP contribution in [0.1, 0.15) is 12.7 Å². The molecule has 0 aliphatic heterocycles. The number of aromatic nitrogens is 2. The van der Waals surface area contributed by atoms with E-state index < -0.39 is 10.8 Å². The molecule has 1 aromatic heterocycles. The molecule has 0 amide bonds. The van der Waals surface area contributed by atoms with Crippen molar-refractivity contribution in [2.75, 3.05) is 12.9 Å². The van der Waals surface area contributed by atoms with Crippen LogP contribution in [0.4, 0.5) is 0 Å². The fourth-order valence-corrected chi connectivity index (χ4v) is 2.40. The summed E-state index contributed by atoms with van der Waals surface area (Å²) in [6.07, 6.45) is 3.20. The second kappa shape index (κ2) is 6.32. The van der Waals surface area contributed by atoms with Gasteiger partial charge in [0.15, 0.2) is 0 Å². The van der Waals surface area contributed by atoms with E-state index in [1.807, 2.05) is 0 Å². The molecule has 5 nitrogen and oxygen atoms in total. The van der Waals surface area contributed by atoms with Gasteiger partial charge in [-0.1, -0.05) is 6.92 Å². The molecule has 0 aliphatic rings. The molecule has 1 rings (SSSR count). The smallest absolute Gasteiger partial charge is 0.309 e. The SMILES string of the molecule is COC(=O)C(C)CS(=O)Cc1ncccn1.